The number of aromatic nitrogens is 2. The molecule has 0 spiro atoms. The van der Waals surface area contributed by atoms with E-state index in [4.69, 9.17) is 11.6 Å². The summed E-state index contributed by atoms with van der Waals surface area (Å²) in [5, 5.41) is 3.46. The molecule has 1 aromatic heterocycles. The highest BCUT2D eigenvalue weighted by Gasteiger charge is 2.24. The second kappa shape index (κ2) is 5.67. The van der Waals surface area contributed by atoms with Gasteiger partial charge in [0.15, 0.2) is 0 Å². The van der Waals surface area contributed by atoms with Crippen LogP contribution >= 0.6 is 11.6 Å². The molecule has 2 unspecified atom stereocenters. The molecule has 2 rings (SSSR count). The van der Waals surface area contributed by atoms with Crippen LogP contribution in [0.3, 0.4) is 0 Å². The zero-order valence-corrected chi connectivity index (χ0v) is 11.3. The van der Waals surface area contributed by atoms with Crippen molar-refractivity contribution in [2.45, 2.75) is 45.6 Å². The molecule has 2 atom stereocenters. The molecular formula is C13H20ClN3. The number of alkyl halides is 1. The number of aryl methyl sites for hydroxylation is 2. The number of hydrogen-bond acceptors (Lipinski definition) is 3. The van der Waals surface area contributed by atoms with Crippen molar-refractivity contribution in [3.63, 3.8) is 0 Å². The molecule has 0 aromatic carbocycles. The lowest BCUT2D eigenvalue weighted by atomic mass is 9.86. The molecule has 0 amide bonds. The fourth-order valence-corrected chi connectivity index (χ4v) is 2.91. The predicted molar refractivity (Wildman–Crippen MR) is 71.6 cm³/mol. The van der Waals surface area contributed by atoms with Crippen LogP contribution in [-0.4, -0.2) is 21.9 Å². The topological polar surface area (TPSA) is 37.8 Å². The molecule has 1 aliphatic rings. The van der Waals surface area contributed by atoms with Crippen molar-refractivity contribution in [3.05, 3.63) is 17.5 Å². The van der Waals surface area contributed by atoms with Crippen LogP contribution in [0.4, 0.5) is 5.95 Å². The molecule has 1 saturated carbocycles. The predicted octanol–water partition coefficient (Wildman–Crippen LogP) is 3.30. The molecule has 4 heteroatoms. The molecule has 0 bridgehead atoms. The quantitative estimate of drug-likeness (QED) is 0.840. The highest BCUT2D eigenvalue weighted by Crippen LogP contribution is 2.27. The SMILES string of the molecule is Cc1cc(C)nc(NC2CCCCC2CCl)n1. The van der Waals surface area contributed by atoms with Crippen molar-refractivity contribution in [2.24, 2.45) is 5.92 Å². The van der Waals surface area contributed by atoms with Gasteiger partial charge < -0.3 is 5.32 Å². The smallest absolute Gasteiger partial charge is 0.223 e. The summed E-state index contributed by atoms with van der Waals surface area (Å²) in [7, 11) is 0. The lowest BCUT2D eigenvalue weighted by Gasteiger charge is -2.30. The van der Waals surface area contributed by atoms with Crippen LogP contribution < -0.4 is 5.32 Å². The highest BCUT2D eigenvalue weighted by molar-refractivity contribution is 6.18. The third-order valence-electron chi connectivity index (χ3n) is 3.40. The van der Waals surface area contributed by atoms with E-state index in [1.807, 2.05) is 19.9 Å². The molecule has 0 saturated heterocycles. The van der Waals surface area contributed by atoms with Gasteiger partial charge in [-0.05, 0) is 38.7 Å². The summed E-state index contributed by atoms with van der Waals surface area (Å²) < 4.78 is 0. The highest BCUT2D eigenvalue weighted by atomic mass is 35.5. The van der Waals surface area contributed by atoms with Crippen LogP contribution in [-0.2, 0) is 0 Å². The van der Waals surface area contributed by atoms with Gasteiger partial charge in [-0.15, -0.1) is 11.6 Å². The summed E-state index contributed by atoms with van der Waals surface area (Å²) in [5.41, 5.74) is 2.02. The van der Waals surface area contributed by atoms with Gasteiger partial charge in [0.05, 0.1) is 0 Å². The Hall–Kier alpha value is -0.830. The average Bonchev–Trinajstić information content (AvgIpc) is 2.28. The monoisotopic (exact) mass is 253 g/mol. The summed E-state index contributed by atoms with van der Waals surface area (Å²) in [6, 6.07) is 2.42. The molecule has 3 nitrogen and oxygen atoms in total. The lowest BCUT2D eigenvalue weighted by Crippen LogP contribution is -2.34. The molecule has 1 heterocycles. The molecule has 1 aromatic rings. The van der Waals surface area contributed by atoms with E-state index < -0.39 is 0 Å². The van der Waals surface area contributed by atoms with Crippen LogP contribution in [0.2, 0.25) is 0 Å². The van der Waals surface area contributed by atoms with E-state index in [1.54, 1.807) is 0 Å². The Morgan fingerprint density at radius 1 is 1.24 bits per heavy atom. The average molecular weight is 254 g/mol. The first kappa shape index (κ1) is 12.6. The summed E-state index contributed by atoms with van der Waals surface area (Å²) in [6.07, 6.45) is 4.96. The Labute approximate surface area is 108 Å². The number of nitrogens with zero attached hydrogens (tertiary/aromatic N) is 2. The van der Waals surface area contributed by atoms with E-state index in [0.29, 0.717) is 12.0 Å². The van der Waals surface area contributed by atoms with E-state index in [-0.39, 0.29) is 0 Å². The number of anilines is 1. The third kappa shape index (κ3) is 3.32. The van der Waals surface area contributed by atoms with E-state index >= 15 is 0 Å². The standard InChI is InChI=1S/C13H20ClN3/c1-9-7-10(2)16-13(15-9)17-12-6-4-3-5-11(12)8-14/h7,11-12H,3-6,8H2,1-2H3,(H,15,16,17). The largest absolute Gasteiger partial charge is 0.351 e. The summed E-state index contributed by atoms with van der Waals surface area (Å²) in [4.78, 5) is 8.86. The van der Waals surface area contributed by atoms with Crippen molar-refractivity contribution < 1.29 is 0 Å². The Balaban J connectivity index is 2.08. The fourth-order valence-electron chi connectivity index (χ4n) is 2.54. The summed E-state index contributed by atoms with van der Waals surface area (Å²) in [6.45, 7) is 4.00. The Kier molecular flexibility index (Phi) is 4.21. The summed E-state index contributed by atoms with van der Waals surface area (Å²) in [5.74, 6) is 2.03. The van der Waals surface area contributed by atoms with Gasteiger partial charge >= 0.3 is 0 Å². The van der Waals surface area contributed by atoms with E-state index in [9.17, 15) is 0 Å². The van der Waals surface area contributed by atoms with Crippen LogP contribution in [0.15, 0.2) is 6.07 Å². The van der Waals surface area contributed by atoms with Crippen molar-refractivity contribution in [3.8, 4) is 0 Å². The van der Waals surface area contributed by atoms with Gasteiger partial charge in [0.2, 0.25) is 5.95 Å². The normalized spacial score (nSPS) is 24.6. The first-order valence-corrected chi connectivity index (χ1v) is 6.87. The second-order valence-electron chi connectivity index (χ2n) is 4.92. The summed E-state index contributed by atoms with van der Waals surface area (Å²) >= 11 is 6.02. The third-order valence-corrected chi connectivity index (χ3v) is 3.80. The van der Waals surface area contributed by atoms with Crippen molar-refractivity contribution in [1.29, 1.82) is 0 Å². The van der Waals surface area contributed by atoms with Gasteiger partial charge in [0.1, 0.15) is 0 Å². The first-order chi connectivity index (χ1) is 8.19. The number of hydrogen-bond donors (Lipinski definition) is 1. The molecule has 17 heavy (non-hydrogen) atoms. The lowest BCUT2D eigenvalue weighted by molar-refractivity contribution is 0.352. The molecule has 0 radical (unpaired) electrons. The first-order valence-electron chi connectivity index (χ1n) is 6.34. The maximum absolute atomic E-state index is 6.02. The molecule has 94 valence electrons. The fraction of sp³-hybridized carbons (Fsp3) is 0.692. The van der Waals surface area contributed by atoms with Gasteiger partial charge in [-0.2, -0.15) is 0 Å². The van der Waals surface area contributed by atoms with Crippen LogP contribution in [0.25, 0.3) is 0 Å². The Bertz CT molecular complexity index is 361. The van der Waals surface area contributed by atoms with Crippen molar-refractivity contribution >= 4 is 17.5 Å². The van der Waals surface area contributed by atoms with Crippen LogP contribution in [0.1, 0.15) is 37.1 Å². The minimum atomic E-state index is 0.433. The van der Waals surface area contributed by atoms with Gasteiger partial charge in [-0.25, -0.2) is 9.97 Å². The Morgan fingerprint density at radius 2 is 1.88 bits per heavy atom. The second-order valence-corrected chi connectivity index (χ2v) is 5.23. The van der Waals surface area contributed by atoms with E-state index in [2.05, 4.69) is 15.3 Å². The van der Waals surface area contributed by atoms with Gasteiger partial charge in [-0.3, -0.25) is 0 Å². The zero-order chi connectivity index (χ0) is 12.3. The Morgan fingerprint density at radius 3 is 2.53 bits per heavy atom. The van der Waals surface area contributed by atoms with E-state index in [1.165, 1.54) is 25.7 Å². The van der Waals surface area contributed by atoms with Crippen LogP contribution in [0.5, 0.6) is 0 Å². The van der Waals surface area contributed by atoms with Gasteiger partial charge in [-0.1, -0.05) is 12.8 Å². The number of nitrogens with one attached hydrogen (secondary N) is 1. The van der Waals surface area contributed by atoms with Gasteiger partial charge in [0, 0.05) is 23.3 Å². The van der Waals surface area contributed by atoms with E-state index in [0.717, 1.165) is 23.2 Å². The molecular weight excluding hydrogens is 234 g/mol. The van der Waals surface area contributed by atoms with Crippen molar-refractivity contribution in [1.82, 2.24) is 9.97 Å². The molecule has 0 aliphatic heterocycles. The van der Waals surface area contributed by atoms with Gasteiger partial charge in [0.25, 0.3) is 0 Å². The van der Waals surface area contributed by atoms with Crippen molar-refractivity contribution in [2.75, 3.05) is 11.2 Å². The number of halogens is 1. The molecule has 1 fully saturated rings. The molecule has 1 N–H and O–H groups in total. The maximum Gasteiger partial charge on any atom is 0.223 e. The maximum atomic E-state index is 6.02. The van der Waals surface area contributed by atoms with Crippen LogP contribution in [0, 0.1) is 19.8 Å². The minimum Gasteiger partial charge on any atom is -0.351 e. The molecule has 1 aliphatic carbocycles. The minimum absolute atomic E-state index is 0.433. The zero-order valence-electron chi connectivity index (χ0n) is 10.5. The number of rotatable bonds is 3.